The Balaban J connectivity index is 1.63. The topological polar surface area (TPSA) is 92.9 Å². The van der Waals surface area contributed by atoms with Crippen LogP contribution in [0.3, 0.4) is 0 Å². The van der Waals surface area contributed by atoms with Crippen LogP contribution in [0, 0.1) is 0 Å². The minimum absolute atomic E-state index is 0.198. The van der Waals surface area contributed by atoms with Gasteiger partial charge in [0.15, 0.2) is 5.82 Å². The summed E-state index contributed by atoms with van der Waals surface area (Å²) in [6.45, 7) is 1.62. The number of halogens is 4. The Bertz CT molecular complexity index is 1640. The Morgan fingerprint density at radius 1 is 1.03 bits per heavy atom. The molecule has 11 heteroatoms. The molecule has 0 aliphatic rings. The van der Waals surface area contributed by atoms with Crippen LogP contribution in [0.25, 0.3) is 28.0 Å². The number of hydrogen-bond donors (Lipinski definition) is 2. The fourth-order valence-corrected chi connectivity index (χ4v) is 4.27. The summed E-state index contributed by atoms with van der Waals surface area (Å²) >= 11 is 6.21. The van der Waals surface area contributed by atoms with Crippen LogP contribution in [0.5, 0.6) is 0 Å². The summed E-state index contributed by atoms with van der Waals surface area (Å²) < 4.78 is 42.9. The molecule has 2 N–H and O–H groups in total. The van der Waals surface area contributed by atoms with Crippen LogP contribution in [0.2, 0.25) is 5.02 Å². The summed E-state index contributed by atoms with van der Waals surface area (Å²) in [5.41, 5.74) is 0.128. The van der Waals surface area contributed by atoms with Crippen molar-refractivity contribution in [3.8, 4) is 17.1 Å². The Morgan fingerprint density at radius 2 is 1.74 bits per heavy atom. The number of alkyl halides is 3. The van der Waals surface area contributed by atoms with E-state index in [1.165, 1.54) is 23.1 Å². The van der Waals surface area contributed by atoms with Gasteiger partial charge >= 0.3 is 6.18 Å². The Morgan fingerprint density at radius 3 is 2.39 bits per heavy atom. The van der Waals surface area contributed by atoms with Crippen molar-refractivity contribution >= 4 is 34.2 Å². The van der Waals surface area contributed by atoms with Crippen molar-refractivity contribution in [1.82, 2.24) is 19.7 Å². The van der Waals surface area contributed by atoms with Gasteiger partial charge in [-0.25, -0.2) is 14.6 Å². The number of fused-ring (bicyclic) bond motifs is 1. The molecule has 0 spiro atoms. The maximum atomic E-state index is 13.8. The molecule has 3 aromatic carbocycles. The zero-order valence-electron chi connectivity index (χ0n) is 19.7. The highest BCUT2D eigenvalue weighted by molar-refractivity contribution is 6.34. The summed E-state index contributed by atoms with van der Waals surface area (Å²) in [7, 11) is 0. The van der Waals surface area contributed by atoms with Crippen LogP contribution in [-0.4, -0.2) is 30.8 Å². The number of rotatable bonds is 5. The molecule has 5 rings (SSSR count). The molecule has 0 fully saturated rings. The van der Waals surface area contributed by atoms with E-state index in [-0.39, 0.29) is 27.8 Å². The van der Waals surface area contributed by atoms with Gasteiger partial charge in [-0.05, 0) is 55.0 Å². The molecule has 0 radical (unpaired) electrons. The maximum Gasteiger partial charge on any atom is 0.417 e. The molecule has 1 atom stereocenters. The second-order valence-electron chi connectivity index (χ2n) is 8.45. The summed E-state index contributed by atoms with van der Waals surface area (Å²) in [6.07, 6.45) is -2.87. The third-order valence-electron chi connectivity index (χ3n) is 5.88. The highest BCUT2D eigenvalue weighted by Crippen LogP contribution is 2.39. The lowest BCUT2D eigenvalue weighted by Crippen LogP contribution is -2.17. The first kappa shape index (κ1) is 25.4. The number of carbonyl (C=O) groups is 1. The average Bonchev–Trinajstić information content (AvgIpc) is 3.26. The van der Waals surface area contributed by atoms with E-state index in [0.717, 1.165) is 6.07 Å². The van der Waals surface area contributed by atoms with E-state index in [1.54, 1.807) is 49.4 Å². The lowest BCUT2D eigenvalue weighted by molar-refractivity contribution is -0.137. The lowest BCUT2D eigenvalue weighted by Gasteiger charge is -2.16. The molecule has 0 saturated carbocycles. The zero-order chi connectivity index (χ0) is 27.0. The molecule has 0 saturated heterocycles. The Labute approximate surface area is 219 Å². The molecular weight excluding hydrogens is 519 g/mol. The van der Waals surface area contributed by atoms with E-state index in [1.807, 2.05) is 6.07 Å². The number of aliphatic hydroxyl groups excluding tert-OH is 1. The molecule has 7 nitrogen and oxygen atoms in total. The third-order valence-corrected chi connectivity index (χ3v) is 6.19. The zero-order valence-corrected chi connectivity index (χ0v) is 20.5. The largest absolute Gasteiger partial charge is 0.417 e. The first-order chi connectivity index (χ1) is 18.1. The number of amides is 1. The molecule has 0 bridgehead atoms. The molecule has 1 unspecified atom stereocenters. The van der Waals surface area contributed by atoms with Gasteiger partial charge in [0.1, 0.15) is 5.82 Å². The quantitative estimate of drug-likeness (QED) is 0.268. The van der Waals surface area contributed by atoms with E-state index in [0.29, 0.717) is 28.2 Å². The van der Waals surface area contributed by atoms with Crippen molar-refractivity contribution in [3.05, 3.63) is 101 Å². The van der Waals surface area contributed by atoms with Gasteiger partial charge in [0.2, 0.25) is 0 Å². The molecule has 1 amide bonds. The summed E-state index contributed by atoms with van der Waals surface area (Å²) in [5.74, 6) is -0.669. The van der Waals surface area contributed by atoms with Crippen LogP contribution in [-0.2, 0) is 6.18 Å². The molecular formula is C27H19ClF3N5O2. The van der Waals surface area contributed by atoms with Crippen molar-refractivity contribution in [3.63, 3.8) is 0 Å². The fourth-order valence-electron chi connectivity index (χ4n) is 4.02. The molecule has 0 aliphatic carbocycles. The molecule has 38 heavy (non-hydrogen) atoms. The van der Waals surface area contributed by atoms with Crippen LogP contribution < -0.4 is 5.32 Å². The fraction of sp³-hybridized carbons (Fsp3) is 0.111. The number of benzene rings is 3. The summed E-state index contributed by atoms with van der Waals surface area (Å²) in [4.78, 5) is 21.3. The van der Waals surface area contributed by atoms with Gasteiger partial charge in [0.05, 0.1) is 33.5 Å². The van der Waals surface area contributed by atoms with Crippen molar-refractivity contribution in [2.24, 2.45) is 0 Å². The van der Waals surface area contributed by atoms with Gasteiger partial charge in [-0.3, -0.25) is 4.79 Å². The summed E-state index contributed by atoms with van der Waals surface area (Å²) in [6, 6.07) is 17.3. The number of nitrogens with one attached hydrogen (secondary N) is 1. The van der Waals surface area contributed by atoms with Crippen molar-refractivity contribution in [1.29, 1.82) is 0 Å². The first-order valence-electron chi connectivity index (χ1n) is 11.4. The maximum absolute atomic E-state index is 13.8. The van der Waals surface area contributed by atoms with Crippen LogP contribution in [0.15, 0.2) is 79.1 Å². The van der Waals surface area contributed by atoms with Crippen LogP contribution in [0.1, 0.15) is 34.5 Å². The van der Waals surface area contributed by atoms with Gasteiger partial charge < -0.3 is 10.4 Å². The molecule has 2 aromatic heterocycles. The number of aromatic nitrogens is 4. The Kier molecular flexibility index (Phi) is 6.60. The second kappa shape index (κ2) is 9.88. The SMILES string of the molecule is CC(O)c1ccc2c(NC(=O)c3cc(-c4ncccn4)c(C(F)(F)F)cc3Cl)n(-c3ccccc3)nc2c1. The number of carbonyl (C=O) groups excluding carboxylic acids is 1. The molecule has 192 valence electrons. The number of anilines is 1. The summed E-state index contributed by atoms with van der Waals surface area (Å²) in [5, 5.41) is 17.5. The van der Waals surface area contributed by atoms with E-state index in [2.05, 4.69) is 20.4 Å². The number of aliphatic hydroxyl groups is 1. The molecule has 0 aliphatic heterocycles. The van der Waals surface area contributed by atoms with Crippen molar-refractivity contribution < 1.29 is 23.1 Å². The third kappa shape index (κ3) is 4.83. The van der Waals surface area contributed by atoms with E-state index >= 15 is 0 Å². The predicted octanol–water partition coefficient (Wildman–Crippen LogP) is 6.46. The molecule has 2 heterocycles. The van der Waals surface area contributed by atoms with Gasteiger partial charge in [0.25, 0.3) is 5.91 Å². The van der Waals surface area contributed by atoms with Gasteiger partial charge in [-0.2, -0.15) is 18.3 Å². The first-order valence-corrected chi connectivity index (χ1v) is 11.8. The van der Waals surface area contributed by atoms with Crippen LogP contribution in [0.4, 0.5) is 19.0 Å². The standard InChI is InChI=1S/C27H19ClF3N5O2/c1-15(37)16-8-9-18-23(12-16)35-36(17-6-3-2-4-7-17)25(18)34-26(38)20-13-19(24-32-10-5-11-33-24)21(14-22(20)28)27(29,30)31/h2-15,37H,1H3,(H,34,38). The van der Waals surface area contributed by atoms with Gasteiger partial charge in [-0.15, -0.1) is 0 Å². The highest BCUT2D eigenvalue weighted by atomic mass is 35.5. The predicted molar refractivity (Wildman–Crippen MR) is 137 cm³/mol. The minimum atomic E-state index is -4.75. The average molecular weight is 538 g/mol. The smallest absolute Gasteiger partial charge is 0.389 e. The van der Waals surface area contributed by atoms with E-state index in [4.69, 9.17) is 11.6 Å². The number of para-hydroxylation sites is 1. The van der Waals surface area contributed by atoms with Crippen molar-refractivity contribution in [2.75, 3.05) is 5.32 Å². The van der Waals surface area contributed by atoms with E-state index < -0.39 is 23.8 Å². The van der Waals surface area contributed by atoms with E-state index in [9.17, 15) is 23.1 Å². The minimum Gasteiger partial charge on any atom is -0.389 e. The number of hydrogen-bond acceptors (Lipinski definition) is 5. The Hall–Kier alpha value is -4.28. The monoisotopic (exact) mass is 537 g/mol. The normalized spacial score (nSPS) is 12.5. The van der Waals surface area contributed by atoms with Gasteiger partial charge in [0, 0.05) is 23.3 Å². The molecule has 5 aromatic rings. The van der Waals surface area contributed by atoms with Crippen LogP contribution >= 0.6 is 11.6 Å². The lowest BCUT2D eigenvalue weighted by atomic mass is 10.0. The van der Waals surface area contributed by atoms with Gasteiger partial charge in [-0.1, -0.05) is 35.9 Å². The second-order valence-corrected chi connectivity index (χ2v) is 8.86. The number of nitrogens with zero attached hydrogens (tertiary/aromatic N) is 4. The van der Waals surface area contributed by atoms with Crippen molar-refractivity contribution in [2.45, 2.75) is 19.2 Å². The highest BCUT2D eigenvalue weighted by Gasteiger charge is 2.36.